The minimum atomic E-state index is -0.965. The molecule has 2 rings (SSSR count). The van der Waals surface area contributed by atoms with E-state index in [0.29, 0.717) is 11.6 Å². The second-order valence-electron chi connectivity index (χ2n) is 4.77. The molecule has 0 unspecified atom stereocenters. The van der Waals surface area contributed by atoms with Crippen molar-refractivity contribution in [2.45, 2.75) is 20.0 Å². The van der Waals surface area contributed by atoms with E-state index in [1.54, 1.807) is 24.5 Å². The van der Waals surface area contributed by atoms with Gasteiger partial charge in [-0.05, 0) is 41.9 Å². The van der Waals surface area contributed by atoms with Gasteiger partial charge in [0.1, 0.15) is 0 Å². The van der Waals surface area contributed by atoms with Gasteiger partial charge in [0.2, 0.25) is 0 Å². The van der Waals surface area contributed by atoms with E-state index >= 15 is 0 Å². The van der Waals surface area contributed by atoms with Crippen LogP contribution >= 0.6 is 11.6 Å². The van der Waals surface area contributed by atoms with Gasteiger partial charge in [-0.15, -0.1) is 0 Å². The fourth-order valence-corrected chi connectivity index (χ4v) is 2.32. The number of carboxylic acid groups (broad SMARTS) is 1. The van der Waals surface area contributed by atoms with Crippen molar-refractivity contribution in [1.82, 2.24) is 9.88 Å². The molecular weight excluding hydrogens is 288 g/mol. The van der Waals surface area contributed by atoms with Crippen LogP contribution in [0.15, 0.2) is 42.7 Å². The number of aromatic carboxylic acids is 1. The standard InChI is InChI=1S/C16H17ClN2O2/c1-2-19(10-12-5-7-18-8-6-12)11-14-4-3-13(16(20)21)9-15(14)17/h3-9H,2,10-11H2,1H3,(H,20,21). The van der Waals surface area contributed by atoms with E-state index in [-0.39, 0.29) is 5.56 Å². The molecule has 0 radical (unpaired) electrons. The van der Waals surface area contributed by atoms with Gasteiger partial charge in [0, 0.05) is 30.5 Å². The van der Waals surface area contributed by atoms with Crippen molar-refractivity contribution >= 4 is 17.6 Å². The summed E-state index contributed by atoms with van der Waals surface area (Å²) in [7, 11) is 0. The highest BCUT2D eigenvalue weighted by Gasteiger charge is 2.10. The third-order valence-corrected chi connectivity index (χ3v) is 3.65. The van der Waals surface area contributed by atoms with Crippen molar-refractivity contribution in [3.05, 3.63) is 64.4 Å². The van der Waals surface area contributed by atoms with Gasteiger partial charge >= 0.3 is 5.97 Å². The maximum absolute atomic E-state index is 10.9. The van der Waals surface area contributed by atoms with Gasteiger partial charge in [-0.25, -0.2) is 4.79 Å². The molecule has 0 aliphatic heterocycles. The van der Waals surface area contributed by atoms with Crippen molar-refractivity contribution in [2.75, 3.05) is 6.54 Å². The third kappa shape index (κ3) is 4.28. The van der Waals surface area contributed by atoms with Crippen molar-refractivity contribution in [1.29, 1.82) is 0 Å². The molecule has 0 fully saturated rings. The molecule has 21 heavy (non-hydrogen) atoms. The highest BCUT2D eigenvalue weighted by molar-refractivity contribution is 6.31. The van der Waals surface area contributed by atoms with E-state index in [9.17, 15) is 4.79 Å². The largest absolute Gasteiger partial charge is 0.478 e. The SMILES string of the molecule is CCN(Cc1ccncc1)Cc1ccc(C(=O)O)cc1Cl. The molecule has 1 heterocycles. The molecule has 4 nitrogen and oxygen atoms in total. The van der Waals surface area contributed by atoms with Gasteiger partial charge in [-0.2, -0.15) is 0 Å². The first-order chi connectivity index (χ1) is 10.1. The molecule has 0 spiro atoms. The summed E-state index contributed by atoms with van der Waals surface area (Å²) in [5.74, 6) is -0.965. The zero-order valence-electron chi connectivity index (χ0n) is 11.8. The quantitative estimate of drug-likeness (QED) is 0.888. The van der Waals surface area contributed by atoms with Crippen LogP contribution in [-0.2, 0) is 13.1 Å². The topological polar surface area (TPSA) is 53.4 Å². The number of aromatic nitrogens is 1. The summed E-state index contributed by atoms with van der Waals surface area (Å²) in [6.45, 7) is 4.44. The first-order valence-electron chi connectivity index (χ1n) is 6.73. The summed E-state index contributed by atoms with van der Waals surface area (Å²) >= 11 is 6.18. The maximum atomic E-state index is 10.9. The van der Waals surface area contributed by atoms with E-state index < -0.39 is 5.97 Å². The second-order valence-corrected chi connectivity index (χ2v) is 5.18. The number of carbonyl (C=O) groups is 1. The number of rotatable bonds is 6. The Morgan fingerprint density at radius 2 is 1.95 bits per heavy atom. The molecule has 1 N–H and O–H groups in total. The summed E-state index contributed by atoms with van der Waals surface area (Å²) in [5, 5.41) is 9.44. The Labute approximate surface area is 129 Å². The van der Waals surface area contributed by atoms with E-state index in [1.165, 1.54) is 11.6 Å². The number of benzene rings is 1. The molecule has 1 aromatic carbocycles. The van der Waals surface area contributed by atoms with Crippen LogP contribution in [0.5, 0.6) is 0 Å². The average molecular weight is 305 g/mol. The molecule has 0 aliphatic carbocycles. The first kappa shape index (κ1) is 15.5. The summed E-state index contributed by atoms with van der Waals surface area (Å²) in [6, 6.07) is 8.83. The molecule has 1 aromatic heterocycles. The van der Waals surface area contributed by atoms with Crippen LogP contribution in [0.1, 0.15) is 28.4 Å². The van der Waals surface area contributed by atoms with Crippen molar-refractivity contribution < 1.29 is 9.90 Å². The number of pyridine rings is 1. The number of carboxylic acids is 1. The second kappa shape index (κ2) is 7.20. The van der Waals surface area contributed by atoms with Crippen LogP contribution in [-0.4, -0.2) is 27.5 Å². The van der Waals surface area contributed by atoms with E-state index in [1.807, 2.05) is 12.1 Å². The number of hydrogen-bond donors (Lipinski definition) is 1. The van der Waals surface area contributed by atoms with Gasteiger partial charge in [0.15, 0.2) is 0 Å². The Balaban J connectivity index is 2.10. The molecule has 2 aromatic rings. The summed E-state index contributed by atoms with van der Waals surface area (Å²) in [6.07, 6.45) is 3.55. The highest BCUT2D eigenvalue weighted by atomic mass is 35.5. The Kier molecular flexibility index (Phi) is 5.31. The van der Waals surface area contributed by atoms with Crippen molar-refractivity contribution in [3.8, 4) is 0 Å². The normalized spacial score (nSPS) is 10.8. The monoisotopic (exact) mass is 304 g/mol. The van der Waals surface area contributed by atoms with Crippen LogP contribution in [0.25, 0.3) is 0 Å². The number of nitrogens with zero attached hydrogens (tertiary/aromatic N) is 2. The maximum Gasteiger partial charge on any atom is 0.335 e. The number of hydrogen-bond acceptors (Lipinski definition) is 3. The predicted molar refractivity (Wildman–Crippen MR) is 82.4 cm³/mol. The lowest BCUT2D eigenvalue weighted by Crippen LogP contribution is -2.22. The van der Waals surface area contributed by atoms with Gasteiger partial charge in [-0.1, -0.05) is 24.6 Å². The smallest absolute Gasteiger partial charge is 0.335 e. The molecule has 0 saturated carbocycles. The molecule has 0 bridgehead atoms. The molecule has 110 valence electrons. The zero-order valence-corrected chi connectivity index (χ0v) is 12.5. The van der Waals surface area contributed by atoms with Crippen LogP contribution in [0, 0.1) is 0 Å². The minimum Gasteiger partial charge on any atom is -0.478 e. The van der Waals surface area contributed by atoms with E-state index in [2.05, 4.69) is 16.8 Å². The number of halogens is 1. The van der Waals surface area contributed by atoms with Gasteiger partial charge < -0.3 is 5.11 Å². The predicted octanol–water partition coefficient (Wildman–Crippen LogP) is 3.46. The molecule has 0 atom stereocenters. The fourth-order valence-electron chi connectivity index (χ4n) is 2.08. The Morgan fingerprint density at radius 1 is 1.24 bits per heavy atom. The minimum absolute atomic E-state index is 0.209. The van der Waals surface area contributed by atoms with Crippen LogP contribution < -0.4 is 0 Å². The molecule has 0 amide bonds. The van der Waals surface area contributed by atoms with Crippen molar-refractivity contribution in [3.63, 3.8) is 0 Å². The molecular formula is C16H17ClN2O2. The Bertz CT molecular complexity index is 617. The van der Waals surface area contributed by atoms with Gasteiger partial charge in [-0.3, -0.25) is 9.88 Å². The van der Waals surface area contributed by atoms with Crippen LogP contribution in [0.3, 0.4) is 0 Å². The van der Waals surface area contributed by atoms with Crippen molar-refractivity contribution in [2.24, 2.45) is 0 Å². The lowest BCUT2D eigenvalue weighted by Gasteiger charge is -2.21. The Morgan fingerprint density at radius 3 is 2.52 bits per heavy atom. The summed E-state index contributed by atoms with van der Waals surface area (Å²) in [5.41, 5.74) is 2.32. The highest BCUT2D eigenvalue weighted by Crippen LogP contribution is 2.20. The van der Waals surface area contributed by atoms with E-state index in [0.717, 1.165) is 18.7 Å². The third-order valence-electron chi connectivity index (χ3n) is 3.30. The zero-order chi connectivity index (χ0) is 15.2. The van der Waals surface area contributed by atoms with Crippen LogP contribution in [0.2, 0.25) is 5.02 Å². The lowest BCUT2D eigenvalue weighted by atomic mass is 10.1. The summed E-state index contributed by atoms with van der Waals surface area (Å²) < 4.78 is 0. The van der Waals surface area contributed by atoms with Gasteiger partial charge in [0.05, 0.1) is 5.56 Å². The molecule has 0 aliphatic rings. The first-order valence-corrected chi connectivity index (χ1v) is 7.11. The lowest BCUT2D eigenvalue weighted by molar-refractivity contribution is 0.0697. The van der Waals surface area contributed by atoms with Gasteiger partial charge in [0.25, 0.3) is 0 Å². The van der Waals surface area contributed by atoms with Crippen LogP contribution in [0.4, 0.5) is 0 Å². The molecule has 0 saturated heterocycles. The average Bonchev–Trinajstić information content (AvgIpc) is 2.49. The fraction of sp³-hybridized carbons (Fsp3) is 0.250. The molecule has 5 heteroatoms. The Hall–Kier alpha value is -1.91. The summed E-state index contributed by atoms with van der Waals surface area (Å²) in [4.78, 5) is 17.1. The van der Waals surface area contributed by atoms with E-state index in [4.69, 9.17) is 16.7 Å².